The molecule has 2 heterocycles. The zero-order valence-corrected chi connectivity index (χ0v) is 13.4. The molecule has 0 aliphatic carbocycles. The fourth-order valence-electron chi connectivity index (χ4n) is 1.86. The van der Waals surface area contributed by atoms with Crippen molar-refractivity contribution in [1.82, 2.24) is 24.7 Å². The van der Waals surface area contributed by atoms with Crippen molar-refractivity contribution in [2.45, 2.75) is 47.6 Å². The SMILES string of the molecule is CCNc1nc(OC(C)C)nc(-n2nc(C)c(C)c2C)n1. The maximum atomic E-state index is 5.60. The molecular formula is C14H22N6O. The monoisotopic (exact) mass is 290 g/mol. The van der Waals surface area contributed by atoms with Crippen molar-refractivity contribution in [1.29, 1.82) is 0 Å². The number of aryl methyl sites for hydroxylation is 1. The molecule has 0 amide bonds. The van der Waals surface area contributed by atoms with Gasteiger partial charge < -0.3 is 10.1 Å². The van der Waals surface area contributed by atoms with Gasteiger partial charge in [0.05, 0.1) is 11.8 Å². The smallest absolute Gasteiger partial charge is 0.323 e. The Labute approximate surface area is 124 Å². The second-order valence-electron chi connectivity index (χ2n) is 5.15. The minimum absolute atomic E-state index is 0.00285. The van der Waals surface area contributed by atoms with Crippen LogP contribution in [0, 0.1) is 20.8 Å². The zero-order chi connectivity index (χ0) is 15.6. The van der Waals surface area contributed by atoms with Gasteiger partial charge in [0.15, 0.2) is 0 Å². The lowest BCUT2D eigenvalue weighted by molar-refractivity contribution is 0.221. The van der Waals surface area contributed by atoms with Crippen molar-refractivity contribution >= 4 is 5.95 Å². The van der Waals surface area contributed by atoms with Gasteiger partial charge in [-0.05, 0) is 47.1 Å². The van der Waals surface area contributed by atoms with Gasteiger partial charge in [-0.25, -0.2) is 4.68 Å². The van der Waals surface area contributed by atoms with E-state index in [0.29, 0.717) is 17.9 Å². The van der Waals surface area contributed by atoms with Gasteiger partial charge in [0.1, 0.15) is 0 Å². The van der Waals surface area contributed by atoms with Crippen LogP contribution in [-0.2, 0) is 0 Å². The van der Waals surface area contributed by atoms with Crippen molar-refractivity contribution in [2.75, 3.05) is 11.9 Å². The fourth-order valence-corrected chi connectivity index (χ4v) is 1.86. The third kappa shape index (κ3) is 3.29. The van der Waals surface area contributed by atoms with E-state index in [0.717, 1.165) is 23.5 Å². The van der Waals surface area contributed by atoms with Gasteiger partial charge >= 0.3 is 6.01 Å². The van der Waals surface area contributed by atoms with Crippen LogP contribution in [-0.4, -0.2) is 37.4 Å². The number of hydrogen-bond acceptors (Lipinski definition) is 6. The van der Waals surface area contributed by atoms with E-state index in [9.17, 15) is 0 Å². The molecule has 21 heavy (non-hydrogen) atoms. The predicted molar refractivity (Wildman–Crippen MR) is 81.1 cm³/mol. The zero-order valence-electron chi connectivity index (χ0n) is 13.4. The van der Waals surface area contributed by atoms with Crippen molar-refractivity contribution in [3.8, 4) is 12.0 Å². The Kier molecular flexibility index (Phi) is 4.40. The summed E-state index contributed by atoms with van der Waals surface area (Å²) in [6.45, 7) is 12.6. The van der Waals surface area contributed by atoms with Gasteiger partial charge in [-0.2, -0.15) is 20.1 Å². The predicted octanol–water partition coefficient (Wildman–Crippen LogP) is 2.20. The molecule has 0 saturated carbocycles. The van der Waals surface area contributed by atoms with Gasteiger partial charge in [0.25, 0.3) is 5.95 Å². The molecule has 0 radical (unpaired) electrons. The number of hydrogen-bond donors (Lipinski definition) is 1. The number of aromatic nitrogens is 5. The number of nitrogens with one attached hydrogen (secondary N) is 1. The van der Waals surface area contributed by atoms with E-state index in [4.69, 9.17) is 4.74 Å². The van der Waals surface area contributed by atoms with Gasteiger partial charge in [-0.1, -0.05) is 0 Å². The Balaban J connectivity index is 2.50. The van der Waals surface area contributed by atoms with Crippen LogP contribution < -0.4 is 10.1 Å². The van der Waals surface area contributed by atoms with E-state index in [2.05, 4.69) is 25.4 Å². The second-order valence-corrected chi connectivity index (χ2v) is 5.15. The van der Waals surface area contributed by atoms with Crippen LogP contribution in [0.2, 0.25) is 0 Å². The number of rotatable bonds is 5. The summed E-state index contributed by atoms with van der Waals surface area (Å²) in [6, 6.07) is 0.302. The molecule has 0 aliphatic heterocycles. The first kappa shape index (κ1) is 15.2. The number of nitrogens with zero attached hydrogens (tertiary/aromatic N) is 5. The highest BCUT2D eigenvalue weighted by Gasteiger charge is 2.15. The lowest BCUT2D eigenvalue weighted by atomic mass is 10.2. The van der Waals surface area contributed by atoms with Gasteiger partial charge in [-0.15, -0.1) is 0 Å². The van der Waals surface area contributed by atoms with Gasteiger partial charge in [0, 0.05) is 12.2 Å². The standard InChI is InChI=1S/C14H22N6O/c1-7-15-12-16-13(18-14(17-12)21-8(2)3)20-11(6)9(4)10(5)19-20/h8H,7H2,1-6H3,(H,15,16,17,18). The van der Waals surface area contributed by atoms with Crippen LogP contribution in [0.3, 0.4) is 0 Å². The highest BCUT2D eigenvalue weighted by atomic mass is 16.5. The van der Waals surface area contributed by atoms with E-state index in [1.165, 1.54) is 0 Å². The molecule has 0 unspecified atom stereocenters. The Hall–Kier alpha value is -2.18. The highest BCUT2D eigenvalue weighted by molar-refractivity contribution is 5.33. The normalized spacial score (nSPS) is 11.0. The van der Waals surface area contributed by atoms with E-state index in [1.54, 1.807) is 4.68 Å². The molecule has 0 saturated heterocycles. The third-order valence-corrected chi connectivity index (χ3v) is 3.12. The minimum Gasteiger partial charge on any atom is -0.461 e. The van der Waals surface area contributed by atoms with Gasteiger partial charge in [0.2, 0.25) is 5.95 Å². The van der Waals surface area contributed by atoms with Crippen molar-refractivity contribution in [3.63, 3.8) is 0 Å². The Bertz CT molecular complexity index is 635. The molecule has 0 fully saturated rings. The molecule has 0 aromatic carbocycles. The lowest BCUT2D eigenvalue weighted by Gasteiger charge is -2.11. The largest absolute Gasteiger partial charge is 0.461 e. The summed E-state index contributed by atoms with van der Waals surface area (Å²) in [5, 5.41) is 7.57. The van der Waals surface area contributed by atoms with Gasteiger partial charge in [-0.3, -0.25) is 0 Å². The summed E-state index contributed by atoms with van der Waals surface area (Å²) in [4.78, 5) is 13.0. The van der Waals surface area contributed by atoms with E-state index >= 15 is 0 Å². The molecule has 2 aromatic rings. The topological polar surface area (TPSA) is 77.8 Å². The fraction of sp³-hybridized carbons (Fsp3) is 0.571. The molecular weight excluding hydrogens is 268 g/mol. The molecule has 0 bridgehead atoms. The molecule has 0 atom stereocenters. The molecule has 7 heteroatoms. The van der Waals surface area contributed by atoms with Crippen LogP contribution >= 0.6 is 0 Å². The first-order valence-electron chi connectivity index (χ1n) is 7.12. The Morgan fingerprint density at radius 1 is 1.14 bits per heavy atom. The van der Waals surface area contributed by atoms with Crippen molar-refractivity contribution < 1.29 is 4.74 Å². The van der Waals surface area contributed by atoms with Crippen LogP contribution in [0.15, 0.2) is 0 Å². The van der Waals surface area contributed by atoms with Crippen molar-refractivity contribution in [2.24, 2.45) is 0 Å². The van der Waals surface area contributed by atoms with Crippen molar-refractivity contribution in [3.05, 3.63) is 17.0 Å². The van der Waals surface area contributed by atoms with Crippen LogP contribution in [0.25, 0.3) is 5.95 Å². The summed E-state index contributed by atoms with van der Waals surface area (Å²) in [5.74, 6) is 0.952. The van der Waals surface area contributed by atoms with Crippen LogP contribution in [0.1, 0.15) is 37.7 Å². The van der Waals surface area contributed by atoms with E-state index in [1.807, 2.05) is 41.5 Å². The highest BCUT2D eigenvalue weighted by Crippen LogP contribution is 2.17. The molecule has 2 rings (SSSR count). The third-order valence-electron chi connectivity index (χ3n) is 3.12. The minimum atomic E-state index is -0.00285. The number of anilines is 1. The molecule has 1 N–H and O–H groups in total. The maximum Gasteiger partial charge on any atom is 0.323 e. The molecule has 7 nitrogen and oxygen atoms in total. The molecule has 114 valence electrons. The molecule has 0 aliphatic rings. The summed E-state index contributed by atoms with van der Waals surface area (Å²) < 4.78 is 7.32. The summed E-state index contributed by atoms with van der Waals surface area (Å²) in [5.41, 5.74) is 3.10. The summed E-state index contributed by atoms with van der Waals surface area (Å²) in [6.07, 6.45) is -0.00285. The van der Waals surface area contributed by atoms with Crippen LogP contribution in [0.4, 0.5) is 5.95 Å². The Morgan fingerprint density at radius 3 is 2.38 bits per heavy atom. The lowest BCUT2D eigenvalue weighted by Crippen LogP contribution is -2.15. The van der Waals surface area contributed by atoms with E-state index < -0.39 is 0 Å². The maximum absolute atomic E-state index is 5.60. The summed E-state index contributed by atoms with van der Waals surface area (Å²) in [7, 11) is 0. The molecule has 2 aromatic heterocycles. The average molecular weight is 290 g/mol. The number of ether oxygens (including phenoxy) is 1. The Morgan fingerprint density at radius 2 is 1.86 bits per heavy atom. The van der Waals surface area contributed by atoms with Crippen LogP contribution in [0.5, 0.6) is 6.01 Å². The summed E-state index contributed by atoms with van der Waals surface area (Å²) >= 11 is 0. The first-order valence-corrected chi connectivity index (χ1v) is 7.12. The molecule has 0 spiro atoms. The second kappa shape index (κ2) is 6.07. The quantitative estimate of drug-likeness (QED) is 0.909. The average Bonchev–Trinajstić information content (AvgIpc) is 2.66. The van der Waals surface area contributed by atoms with E-state index in [-0.39, 0.29) is 6.10 Å². The first-order chi connectivity index (χ1) is 9.92.